The van der Waals surface area contributed by atoms with Crippen LogP contribution >= 0.6 is 0 Å². The summed E-state index contributed by atoms with van der Waals surface area (Å²) in [4.78, 5) is 23.5. The molecule has 6 heteroatoms. The van der Waals surface area contributed by atoms with Gasteiger partial charge in [0.2, 0.25) is 11.8 Å². The molecule has 1 heterocycles. The fourth-order valence-corrected chi connectivity index (χ4v) is 3.55. The van der Waals surface area contributed by atoms with Crippen LogP contribution in [0.15, 0.2) is 42.5 Å². The molecule has 0 unspecified atom stereocenters. The zero-order valence-corrected chi connectivity index (χ0v) is 15.5. The molecule has 0 radical (unpaired) electrons. The Kier molecular flexibility index (Phi) is 4.36. The molecule has 3 N–H and O–H groups in total. The lowest BCUT2D eigenvalue weighted by Crippen LogP contribution is -2.13. The van der Waals surface area contributed by atoms with E-state index >= 15 is 0 Å². The fourth-order valence-electron chi connectivity index (χ4n) is 3.55. The first kappa shape index (κ1) is 17.8. The highest BCUT2D eigenvalue weighted by Gasteiger charge is 2.29. The van der Waals surface area contributed by atoms with Gasteiger partial charge in [-0.05, 0) is 49.6 Å². The molecule has 0 spiro atoms. The number of amides is 2. The first-order valence-corrected chi connectivity index (χ1v) is 9.31. The number of carbonyl (C=O) groups is 2. The number of nitrogens with one attached hydrogen (secondary N) is 1. The van der Waals surface area contributed by atoms with E-state index in [4.69, 9.17) is 5.73 Å². The van der Waals surface area contributed by atoms with Crippen molar-refractivity contribution >= 4 is 28.4 Å². The number of rotatable bonds is 5. The van der Waals surface area contributed by atoms with Crippen LogP contribution < -0.4 is 11.1 Å². The second-order valence-electron chi connectivity index (χ2n) is 7.02. The van der Waals surface area contributed by atoms with Crippen molar-refractivity contribution in [2.24, 2.45) is 11.7 Å². The van der Waals surface area contributed by atoms with Crippen molar-refractivity contribution in [3.63, 3.8) is 0 Å². The van der Waals surface area contributed by atoms with Gasteiger partial charge >= 0.3 is 0 Å². The number of carbonyl (C=O) groups excluding carboxylic acids is 2. The van der Waals surface area contributed by atoms with Crippen molar-refractivity contribution in [1.82, 2.24) is 4.57 Å². The molecule has 0 aliphatic heterocycles. The number of benzene rings is 2. The van der Waals surface area contributed by atoms with Gasteiger partial charge in [0.15, 0.2) is 0 Å². The predicted octanol–water partition coefficient (Wildman–Crippen LogP) is 3.65. The van der Waals surface area contributed by atoms with Gasteiger partial charge in [-0.1, -0.05) is 18.2 Å². The van der Waals surface area contributed by atoms with E-state index in [-0.39, 0.29) is 11.8 Å². The summed E-state index contributed by atoms with van der Waals surface area (Å²) in [7, 11) is 0. The zero-order valence-electron chi connectivity index (χ0n) is 15.5. The smallest absolute Gasteiger partial charge is 0.248 e. The van der Waals surface area contributed by atoms with E-state index in [0.29, 0.717) is 17.7 Å². The van der Waals surface area contributed by atoms with Gasteiger partial charge in [0.25, 0.3) is 0 Å². The van der Waals surface area contributed by atoms with Crippen LogP contribution in [-0.2, 0) is 11.3 Å². The minimum absolute atomic E-state index is 0.0621. The van der Waals surface area contributed by atoms with E-state index in [9.17, 15) is 14.9 Å². The van der Waals surface area contributed by atoms with Gasteiger partial charge in [-0.3, -0.25) is 9.59 Å². The third kappa shape index (κ3) is 3.01. The number of fused-ring (bicyclic) bond motifs is 1. The Hall–Kier alpha value is -3.59. The minimum atomic E-state index is -0.499. The van der Waals surface area contributed by atoms with Crippen LogP contribution in [0.2, 0.25) is 0 Å². The molecule has 1 aliphatic rings. The topological polar surface area (TPSA) is 101 Å². The highest BCUT2D eigenvalue weighted by molar-refractivity contribution is 6.01. The van der Waals surface area contributed by atoms with E-state index in [1.807, 2.05) is 35.8 Å². The number of aryl methyl sites for hydroxylation is 1. The molecule has 140 valence electrons. The average molecular weight is 372 g/mol. The van der Waals surface area contributed by atoms with Crippen LogP contribution in [0.1, 0.15) is 35.7 Å². The van der Waals surface area contributed by atoms with Gasteiger partial charge < -0.3 is 15.6 Å². The highest BCUT2D eigenvalue weighted by Crippen LogP contribution is 2.35. The molecule has 3 aromatic rings. The van der Waals surface area contributed by atoms with Crippen LogP contribution in [0.3, 0.4) is 0 Å². The summed E-state index contributed by atoms with van der Waals surface area (Å²) in [6.45, 7) is 2.63. The molecule has 2 aromatic carbocycles. The molecular formula is C22H20N4O2. The van der Waals surface area contributed by atoms with Gasteiger partial charge in [0, 0.05) is 29.1 Å². The van der Waals surface area contributed by atoms with Crippen LogP contribution in [-0.4, -0.2) is 16.4 Å². The Morgan fingerprint density at radius 2 is 1.93 bits per heavy atom. The monoisotopic (exact) mass is 372 g/mol. The van der Waals surface area contributed by atoms with E-state index in [1.54, 1.807) is 18.2 Å². The molecule has 28 heavy (non-hydrogen) atoms. The van der Waals surface area contributed by atoms with Crippen molar-refractivity contribution in [3.8, 4) is 17.3 Å². The van der Waals surface area contributed by atoms with Crippen molar-refractivity contribution < 1.29 is 9.59 Å². The lowest BCUT2D eigenvalue weighted by Gasteiger charge is -2.10. The van der Waals surface area contributed by atoms with Gasteiger partial charge in [-0.2, -0.15) is 5.26 Å². The Morgan fingerprint density at radius 3 is 2.50 bits per heavy atom. The quantitative estimate of drug-likeness (QED) is 0.715. The number of primary amides is 1. The maximum Gasteiger partial charge on any atom is 0.248 e. The molecule has 0 saturated heterocycles. The second-order valence-corrected chi connectivity index (χ2v) is 7.02. The summed E-state index contributed by atoms with van der Waals surface area (Å²) in [6, 6.07) is 15.0. The lowest BCUT2D eigenvalue weighted by molar-refractivity contribution is -0.117. The minimum Gasteiger partial charge on any atom is -0.366 e. The standard InChI is InChI=1S/C22H20N4O2/c1-2-26-19-11-15(21(24)27)7-10-17(19)18(12-23)20(26)13-5-8-16(9-6-13)25-22(28)14-3-4-14/h5-11,14H,2-4H2,1H3,(H2,24,27)(H,25,28). The molecule has 4 rings (SSSR count). The molecule has 0 atom stereocenters. The lowest BCUT2D eigenvalue weighted by atomic mass is 10.0. The Bertz CT molecular complexity index is 1130. The van der Waals surface area contributed by atoms with E-state index < -0.39 is 5.91 Å². The molecule has 1 aliphatic carbocycles. The molecule has 0 bridgehead atoms. The van der Waals surface area contributed by atoms with Crippen molar-refractivity contribution in [2.45, 2.75) is 26.3 Å². The van der Waals surface area contributed by atoms with E-state index in [1.165, 1.54) is 0 Å². The van der Waals surface area contributed by atoms with Crippen LogP contribution in [0.5, 0.6) is 0 Å². The average Bonchev–Trinajstić information content (AvgIpc) is 3.50. The van der Waals surface area contributed by atoms with Gasteiger partial charge in [0.1, 0.15) is 6.07 Å². The number of nitrogens with zero attached hydrogens (tertiary/aromatic N) is 2. The van der Waals surface area contributed by atoms with Crippen LogP contribution in [0.4, 0.5) is 5.69 Å². The number of anilines is 1. The largest absolute Gasteiger partial charge is 0.366 e. The fraction of sp³-hybridized carbons (Fsp3) is 0.227. The van der Waals surface area contributed by atoms with Gasteiger partial charge in [0.05, 0.1) is 16.8 Å². The SMILES string of the molecule is CCn1c(-c2ccc(NC(=O)C3CC3)cc2)c(C#N)c2ccc(C(N)=O)cc21. The maximum atomic E-state index is 11.9. The zero-order chi connectivity index (χ0) is 19.8. The number of hydrogen-bond donors (Lipinski definition) is 2. The summed E-state index contributed by atoms with van der Waals surface area (Å²) < 4.78 is 2.01. The van der Waals surface area contributed by atoms with Crippen LogP contribution in [0, 0.1) is 17.2 Å². The predicted molar refractivity (Wildman–Crippen MR) is 108 cm³/mol. The summed E-state index contributed by atoms with van der Waals surface area (Å²) in [5.74, 6) is -0.291. The third-order valence-electron chi connectivity index (χ3n) is 5.15. The summed E-state index contributed by atoms with van der Waals surface area (Å²) in [6.07, 6.45) is 1.92. The van der Waals surface area contributed by atoms with Gasteiger partial charge in [-0.25, -0.2) is 0 Å². The number of nitriles is 1. The molecule has 1 fully saturated rings. The maximum absolute atomic E-state index is 11.9. The highest BCUT2D eigenvalue weighted by atomic mass is 16.2. The third-order valence-corrected chi connectivity index (χ3v) is 5.15. The summed E-state index contributed by atoms with van der Waals surface area (Å²) in [5.41, 5.74) is 9.60. The van der Waals surface area contributed by atoms with Gasteiger partial charge in [-0.15, -0.1) is 0 Å². The number of nitrogens with two attached hydrogens (primary N) is 1. The Labute approximate surface area is 162 Å². The Balaban J connectivity index is 1.79. The second kappa shape index (κ2) is 6.86. The Morgan fingerprint density at radius 1 is 1.21 bits per heavy atom. The van der Waals surface area contributed by atoms with Crippen molar-refractivity contribution in [3.05, 3.63) is 53.6 Å². The van der Waals surface area contributed by atoms with E-state index in [0.717, 1.165) is 40.7 Å². The molecule has 1 saturated carbocycles. The van der Waals surface area contributed by atoms with Crippen molar-refractivity contribution in [1.29, 1.82) is 5.26 Å². The summed E-state index contributed by atoms with van der Waals surface area (Å²) >= 11 is 0. The van der Waals surface area contributed by atoms with E-state index in [2.05, 4.69) is 11.4 Å². The van der Waals surface area contributed by atoms with Crippen molar-refractivity contribution in [2.75, 3.05) is 5.32 Å². The summed E-state index contributed by atoms with van der Waals surface area (Å²) in [5, 5.41) is 13.5. The molecule has 6 nitrogen and oxygen atoms in total. The number of aromatic nitrogens is 1. The molecule has 1 aromatic heterocycles. The first-order chi connectivity index (χ1) is 13.5. The first-order valence-electron chi connectivity index (χ1n) is 9.31. The molecule has 2 amide bonds. The number of hydrogen-bond acceptors (Lipinski definition) is 3. The molecular weight excluding hydrogens is 352 g/mol. The van der Waals surface area contributed by atoms with Crippen LogP contribution in [0.25, 0.3) is 22.2 Å². The normalized spacial score (nSPS) is 13.3.